The Bertz CT molecular complexity index is 548. The molecule has 100 valence electrons. The van der Waals surface area contributed by atoms with Crippen molar-refractivity contribution in [2.45, 2.75) is 19.5 Å². The zero-order valence-electron chi connectivity index (χ0n) is 10.5. The molecule has 2 rings (SSSR count). The summed E-state index contributed by atoms with van der Waals surface area (Å²) >= 11 is 0. The molecule has 19 heavy (non-hydrogen) atoms. The van der Waals surface area contributed by atoms with Crippen LogP contribution in [-0.4, -0.2) is 21.7 Å². The van der Waals surface area contributed by atoms with Crippen LogP contribution in [0.4, 0.5) is 10.1 Å². The molecule has 0 aliphatic carbocycles. The number of rotatable bonds is 4. The summed E-state index contributed by atoms with van der Waals surface area (Å²) in [4.78, 5) is 11.9. The van der Waals surface area contributed by atoms with Gasteiger partial charge in [-0.3, -0.25) is 9.48 Å². The molecule has 0 bridgehead atoms. The van der Waals surface area contributed by atoms with Crippen LogP contribution in [0, 0.1) is 5.82 Å². The van der Waals surface area contributed by atoms with Gasteiger partial charge in [-0.25, -0.2) is 4.39 Å². The van der Waals surface area contributed by atoms with Crippen molar-refractivity contribution in [2.24, 2.45) is 0 Å². The fraction of sp³-hybridized carbons (Fsp3) is 0.231. The Morgan fingerprint density at radius 1 is 1.53 bits per heavy atom. The van der Waals surface area contributed by atoms with Gasteiger partial charge in [0, 0.05) is 29.7 Å². The predicted octanol–water partition coefficient (Wildman–Crippen LogP) is 1.42. The second kappa shape index (κ2) is 5.51. The molecule has 3 N–H and O–H groups in total. The standard InChI is InChI=1S/C13H15FN4O/c1-9(8-18-4-2-3-16-18)17-13(19)10-5-11(14)7-12(15)6-10/h2-7,9H,8,15H2,1H3,(H,17,19). The van der Waals surface area contributed by atoms with Crippen LogP contribution in [0.5, 0.6) is 0 Å². The normalized spacial score (nSPS) is 12.1. The van der Waals surface area contributed by atoms with Crippen LogP contribution in [0.25, 0.3) is 0 Å². The summed E-state index contributed by atoms with van der Waals surface area (Å²) in [6, 6.07) is 5.45. The number of carbonyl (C=O) groups excluding carboxylic acids is 1. The van der Waals surface area contributed by atoms with Crippen LogP contribution in [-0.2, 0) is 6.54 Å². The van der Waals surface area contributed by atoms with Crippen molar-refractivity contribution in [1.82, 2.24) is 15.1 Å². The second-order valence-corrected chi connectivity index (χ2v) is 4.38. The van der Waals surface area contributed by atoms with Gasteiger partial charge in [-0.1, -0.05) is 0 Å². The van der Waals surface area contributed by atoms with Gasteiger partial charge in [0.25, 0.3) is 5.91 Å². The maximum Gasteiger partial charge on any atom is 0.251 e. The summed E-state index contributed by atoms with van der Waals surface area (Å²) in [5.74, 6) is -0.879. The monoisotopic (exact) mass is 262 g/mol. The quantitative estimate of drug-likeness (QED) is 0.818. The summed E-state index contributed by atoms with van der Waals surface area (Å²) in [6.45, 7) is 2.39. The van der Waals surface area contributed by atoms with Crippen LogP contribution >= 0.6 is 0 Å². The number of nitrogens with zero attached hydrogens (tertiary/aromatic N) is 2. The van der Waals surface area contributed by atoms with Crippen molar-refractivity contribution in [1.29, 1.82) is 0 Å². The molecule has 0 saturated carbocycles. The summed E-state index contributed by atoms with van der Waals surface area (Å²) < 4.78 is 14.9. The highest BCUT2D eigenvalue weighted by Gasteiger charge is 2.11. The van der Waals surface area contributed by atoms with E-state index in [1.807, 2.05) is 19.2 Å². The third-order valence-corrected chi connectivity index (χ3v) is 2.58. The maximum atomic E-state index is 13.2. The third-order valence-electron chi connectivity index (χ3n) is 2.58. The number of benzene rings is 1. The first kappa shape index (κ1) is 13.1. The Hall–Kier alpha value is -2.37. The van der Waals surface area contributed by atoms with Crippen molar-refractivity contribution in [2.75, 3.05) is 5.73 Å². The van der Waals surface area contributed by atoms with Crippen LogP contribution < -0.4 is 11.1 Å². The number of nitrogen functional groups attached to an aromatic ring is 1. The van der Waals surface area contributed by atoms with E-state index in [1.54, 1.807) is 10.9 Å². The first-order chi connectivity index (χ1) is 9.04. The van der Waals surface area contributed by atoms with E-state index in [2.05, 4.69) is 10.4 Å². The molecule has 0 aliphatic heterocycles. The summed E-state index contributed by atoms with van der Waals surface area (Å²) in [6.07, 6.45) is 3.48. The fourth-order valence-corrected chi connectivity index (χ4v) is 1.79. The zero-order valence-corrected chi connectivity index (χ0v) is 10.5. The van der Waals surface area contributed by atoms with Crippen LogP contribution in [0.15, 0.2) is 36.7 Å². The minimum atomic E-state index is -0.523. The van der Waals surface area contributed by atoms with Gasteiger partial charge in [-0.15, -0.1) is 0 Å². The topological polar surface area (TPSA) is 72.9 Å². The van der Waals surface area contributed by atoms with Gasteiger partial charge < -0.3 is 11.1 Å². The molecule has 0 spiro atoms. The Labute approximate surface area is 110 Å². The van der Waals surface area contributed by atoms with Crippen LogP contribution in [0.1, 0.15) is 17.3 Å². The molecule has 1 atom stereocenters. The first-order valence-corrected chi connectivity index (χ1v) is 5.89. The Morgan fingerprint density at radius 3 is 2.95 bits per heavy atom. The molecule has 0 radical (unpaired) electrons. The third kappa shape index (κ3) is 3.54. The molecule has 1 unspecified atom stereocenters. The van der Waals surface area contributed by atoms with E-state index < -0.39 is 5.82 Å². The lowest BCUT2D eigenvalue weighted by Crippen LogP contribution is -2.35. The van der Waals surface area contributed by atoms with E-state index in [4.69, 9.17) is 5.73 Å². The van der Waals surface area contributed by atoms with Gasteiger partial charge in [0.05, 0.1) is 6.54 Å². The van der Waals surface area contributed by atoms with Gasteiger partial charge in [0.2, 0.25) is 0 Å². The smallest absolute Gasteiger partial charge is 0.251 e. The lowest BCUT2D eigenvalue weighted by atomic mass is 10.1. The fourth-order valence-electron chi connectivity index (χ4n) is 1.79. The number of carbonyl (C=O) groups is 1. The lowest BCUT2D eigenvalue weighted by Gasteiger charge is -2.14. The molecule has 5 nitrogen and oxygen atoms in total. The van der Waals surface area contributed by atoms with Crippen molar-refractivity contribution >= 4 is 11.6 Å². The van der Waals surface area contributed by atoms with Gasteiger partial charge in [-0.05, 0) is 31.2 Å². The zero-order chi connectivity index (χ0) is 13.8. The van der Waals surface area contributed by atoms with E-state index in [0.717, 1.165) is 6.07 Å². The highest BCUT2D eigenvalue weighted by atomic mass is 19.1. The van der Waals surface area contributed by atoms with Crippen molar-refractivity contribution in [3.8, 4) is 0 Å². The highest BCUT2D eigenvalue weighted by molar-refractivity contribution is 5.95. The molecule has 0 saturated heterocycles. The molecule has 6 heteroatoms. The number of amides is 1. The van der Waals surface area contributed by atoms with Gasteiger partial charge in [0.15, 0.2) is 0 Å². The van der Waals surface area contributed by atoms with Crippen molar-refractivity contribution in [3.63, 3.8) is 0 Å². The minimum absolute atomic E-state index is 0.128. The van der Waals surface area contributed by atoms with E-state index in [1.165, 1.54) is 12.1 Å². The molecule has 2 aromatic rings. The van der Waals surface area contributed by atoms with Crippen LogP contribution in [0.3, 0.4) is 0 Å². The number of aromatic nitrogens is 2. The van der Waals surface area contributed by atoms with Crippen molar-refractivity contribution < 1.29 is 9.18 Å². The van der Waals surface area contributed by atoms with E-state index in [-0.39, 0.29) is 23.2 Å². The average molecular weight is 262 g/mol. The van der Waals surface area contributed by atoms with Gasteiger partial charge in [0.1, 0.15) is 5.82 Å². The maximum absolute atomic E-state index is 13.2. The number of hydrogen-bond acceptors (Lipinski definition) is 3. The Balaban J connectivity index is 2.00. The Morgan fingerprint density at radius 2 is 2.32 bits per heavy atom. The van der Waals surface area contributed by atoms with E-state index in [0.29, 0.717) is 6.54 Å². The molecule has 1 heterocycles. The summed E-state index contributed by atoms with van der Waals surface area (Å²) in [7, 11) is 0. The predicted molar refractivity (Wildman–Crippen MR) is 70.0 cm³/mol. The minimum Gasteiger partial charge on any atom is -0.399 e. The molecular weight excluding hydrogens is 247 g/mol. The molecule has 0 fully saturated rings. The molecule has 1 amide bonds. The molecular formula is C13H15FN4O. The Kier molecular flexibility index (Phi) is 3.79. The van der Waals surface area contributed by atoms with E-state index in [9.17, 15) is 9.18 Å². The number of halogens is 1. The average Bonchev–Trinajstić information content (AvgIpc) is 2.80. The first-order valence-electron chi connectivity index (χ1n) is 5.89. The molecule has 1 aromatic heterocycles. The van der Waals surface area contributed by atoms with E-state index >= 15 is 0 Å². The van der Waals surface area contributed by atoms with Gasteiger partial charge in [-0.2, -0.15) is 5.10 Å². The highest BCUT2D eigenvalue weighted by Crippen LogP contribution is 2.10. The molecule has 1 aromatic carbocycles. The van der Waals surface area contributed by atoms with Crippen LogP contribution in [0.2, 0.25) is 0 Å². The lowest BCUT2D eigenvalue weighted by molar-refractivity contribution is 0.0935. The number of anilines is 1. The van der Waals surface area contributed by atoms with Gasteiger partial charge >= 0.3 is 0 Å². The number of hydrogen-bond donors (Lipinski definition) is 2. The SMILES string of the molecule is CC(Cn1cccn1)NC(=O)c1cc(N)cc(F)c1. The molecule has 0 aliphatic rings. The summed E-state index contributed by atoms with van der Waals surface area (Å²) in [5.41, 5.74) is 5.94. The largest absolute Gasteiger partial charge is 0.399 e. The number of nitrogens with two attached hydrogens (primary N) is 1. The van der Waals surface area contributed by atoms with Crippen molar-refractivity contribution in [3.05, 3.63) is 48.0 Å². The summed E-state index contributed by atoms with van der Waals surface area (Å²) in [5, 5.41) is 6.82. The second-order valence-electron chi connectivity index (χ2n) is 4.38. The number of nitrogens with one attached hydrogen (secondary N) is 1.